The maximum atomic E-state index is 11.2. The first-order valence-electron chi connectivity index (χ1n) is 3.81. The van der Waals surface area contributed by atoms with Crippen molar-refractivity contribution in [3.63, 3.8) is 0 Å². The van der Waals surface area contributed by atoms with Crippen molar-refractivity contribution in [2.75, 3.05) is 0 Å². The SMILES string of the molecule is CCC(=O)c1cc(Cl)c(O)cc1O. The fraction of sp³-hybridized carbons (Fsp3) is 0.222. The molecule has 0 aliphatic heterocycles. The fourth-order valence-electron chi connectivity index (χ4n) is 0.965. The van der Waals surface area contributed by atoms with E-state index in [0.29, 0.717) is 0 Å². The first-order valence-corrected chi connectivity index (χ1v) is 4.18. The van der Waals surface area contributed by atoms with Gasteiger partial charge in [-0.25, -0.2) is 0 Å². The van der Waals surface area contributed by atoms with Crippen LogP contribution in [0.1, 0.15) is 23.7 Å². The Bertz CT molecular complexity index is 347. The van der Waals surface area contributed by atoms with Crippen LogP contribution in [-0.2, 0) is 0 Å². The second-order valence-electron chi connectivity index (χ2n) is 2.60. The van der Waals surface area contributed by atoms with Crippen LogP contribution in [0.25, 0.3) is 0 Å². The second kappa shape index (κ2) is 3.66. The zero-order valence-corrected chi connectivity index (χ0v) is 7.80. The molecule has 2 N–H and O–H groups in total. The van der Waals surface area contributed by atoms with Crippen LogP contribution in [0.4, 0.5) is 0 Å². The van der Waals surface area contributed by atoms with Gasteiger partial charge in [-0.05, 0) is 6.07 Å². The average molecular weight is 201 g/mol. The third-order valence-corrected chi connectivity index (χ3v) is 1.99. The third kappa shape index (κ3) is 1.92. The van der Waals surface area contributed by atoms with E-state index in [0.717, 1.165) is 6.07 Å². The molecule has 0 saturated heterocycles. The number of phenolic OH excluding ortho intramolecular Hbond substituents is 2. The maximum absolute atomic E-state index is 11.2. The lowest BCUT2D eigenvalue weighted by molar-refractivity contribution is 0.0985. The van der Waals surface area contributed by atoms with Crippen molar-refractivity contribution in [3.05, 3.63) is 22.7 Å². The lowest BCUT2D eigenvalue weighted by Crippen LogP contribution is -1.96. The van der Waals surface area contributed by atoms with Crippen molar-refractivity contribution in [2.24, 2.45) is 0 Å². The van der Waals surface area contributed by atoms with Crippen molar-refractivity contribution in [1.82, 2.24) is 0 Å². The van der Waals surface area contributed by atoms with E-state index in [1.807, 2.05) is 0 Å². The zero-order valence-electron chi connectivity index (χ0n) is 7.04. The third-order valence-electron chi connectivity index (χ3n) is 1.69. The number of aromatic hydroxyl groups is 2. The molecular weight excluding hydrogens is 192 g/mol. The predicted molar refractivity (Wildman–Crippen MR) is 49.4 cm³/mol. The molecule has 1 aromatic carbocycles. The molecule has 3 nitrogen and oxygen atoms in total. The van der Waals surface area contributed by atoms with Crippen LogP contribution in [-0.4, -0.2) is 16.0 Å². The molecule has 0 unspecified atom stereocenters. The smallest absolute Gasteiger partial charge is 0.166 e. The van der Waals surface area contributed by atoms with E-state index >= 15 is 0 Å². The topological polar surface area (TPSA) is 57.5 Å². The molecule has 0 spiro atoms. The number of Topliss-reactive ketones (excluding diaryl/α,β-unsaturated/α-hetero) is 1. The number of rotatable bonds is 2. The molecule has 0 bridgehead atoms. The molecule has 13 heavy (non-hydrogen) atoms. The van der Waals surface area contributed by atoms with Crippen LogP contribution in [0.3, 0.4) is 0 Å². The molecule has 0 atom stereocenters. The van der Waals surface area contributed by atoms with Crippen molar-refractivity contribution < 1.29 is 15.0 Å². The Hall–Kier alpha value is -1.22. The second-order valence-corrected chi connectivity index (χ2v) is 3.00. The molecule has 0 radical (unpaired) electrons. The minimum atomic E-state index is -0.242. The number of halogens is 1. The van der Waals surface area contributed by atoms with Crippen molar-refractivity contribution >= 4 is 17.4 Å². The number of carbonyl (C=O) groups excluding carboxylic acids is 1. The molecule has 1 aromatic rings. The lowest BCUT2D eigenvalue weighted by atomic mass is 10.1. The summed E-state index contributed by atoms with van der Waals surface area (Å²) in [4.78, 5) is 11.2. The van der Waals surface area contributed by atoms with Gasteiger partial charge < -0.3 is 10.2 Å². The van der Waals surface area contributed by atoms with Gasteiger partial charge in [0.05, 0.1) is 10.6 Å². The minimum absolute atomic E-state index is 0.0644. The highest BCUT2D eigenvalue weighted by Gasteiger charge is 2.12. The molecule has 0 fully saturated rings. The lowest BCUT2D eigenvalue weighted by Gasteiger charge is -2.03. The van der Waals surface area contributed by atoms with Crippen LogP contribution in [0, 0.1) is 0 Å². The standard InChI is InChI=1S/C9H9ClO3/c1-2-7(11)5-3-6(10)9(13)4-8(5)12/h3-4,12-13H,2H2,1H3. The van der Waals surface area contributed by atoms with Crippen LogP contribution >= 0.6 is 11.6 Å². The summed E-state index contributed by atoms with van der Waals surface area (Å²) < 4.78 is 0. The van der Waals surface area contributed by atoms with E-state index in [2.05, 4.69) is 0 Å². The predicted octanol–water partition coefficient (Wildman–Crippen LogP) is 2.34. The number of hydrogen-bond donors (Lipinski definition) is 2. The first kappa shape index (κ1) is 9.86. The molecule has 0 saturated carbocycles. The fourth-order valence-corrected chi connectivity index (χ4v) is 1.13. The van der Waals surface area contributed by atoms with E-state index in [4.69, 9.17) is 16.7 Å². The summed E-state index contributed by atoms with van der Waals surface area (Å²) in [6, 6.07) is 2.32. The van der Waals surface area contributed by atoms with Gasteiger partial charge in [0, 0.05) is 12.5 Å². The number of phenols is 2. The van der Waals surface area contributed by atoms with Gasteiger partial charge in [-0.2, -0.15) is 0 Å². The molecule has 0 aliphatic rings. The van der Waals surface area contributed by atoms with Crippen molar-refractivity contribution in [1.29, 1.82) is 0 Å². The van der Waals surface area contributed by atoms with Gasteiger partial charge in [0.15, 0.2) is 5.78 Å². The van der Waals surface area contributed by atoms with Gasteiger partial charge in [-0.1, -0.05) is 18.5 Å². The quantitative estimate of drug-likeness (QED) is 0.721. The summed E-state index contributed by atoms with van der Waals surface area (Å²) in [5, 5.41) is 18.4. The zero-order chi connectivity index (χ0) is 10.0. The normalized spacial score (nSPS) is 10.0. The molecule has 0 heterocycles. The van der Waals surface area contributed by atoms with E-state index in [1.165, 1.54) is 6.07 Å². The highest BCUT2D eigenvalue weighted by atomic mass is 35.5. The Balaban J connectivity index is 3.23. The van der Waals surface area contributed by atoms with Crippen LogP contribution in [0.2, 0.25) is 5.02 Å². The molecule has 1 rings (SSSR count). The van der Waals surface area contributed by atoms with Gasteiger partial charge in [0.25, 0.3) is 0 Å². The number of hydrogen-bond acceptors (Lipinski definition) is 3. The molecule has 0 aliphatic carbocycles. The maximum Gasteiger partial charge on any atom is 0.166 e. The minimum Gasteiger partial charge on any atom is -0.507 e. The number of benzene rings is 1. The van der Waals surface area contributed by atoms with Crippen molar-refractivity contribution in [2.45, 2.75) is 13.3 Å². The highest BCUT2D eigenvalue weighted by molar-refractivity contribution is 6.32. The first-order chi connectivity index (χ1) is 6.06. The van der Waals surface area contributed by atoms with Gasteiger partial charge >= 0.3 is 0 Å². The van der Waals surface area contributed by atoms with Crippen molar-refractivity contribution in [3.8, 4) is 11.5 Å². The van der Waals surface area contributed by atoms with Gasteiger partial charge in [0.2, 0.25) is 0 Å². The molecule has 0 amide bonds. The largest absolute Gasteiger partial charge is 0.507 e. The summed E-state index contributed by atoms with van der Waals surface area (Å²) in [7, 11) is 0. The summed E-state index contributed by atoms with van der Waals surface area (Å²) in [6.07, 6.45) is 0.286. The molecule has 4 heteroatoms. The Kier molecular flexibility index (Phi) is 2.78. The Morgan fingerprint density at radius 1 is 1.38 bits per heavy atom. The van der Waals surface area contributed by atoms with E-state index in [1.54, 1.807) is 6.92 Å². The Morgan fingerprint density at radius 3 is 2.54 bits per heavy atom. The van der Waals surface area contributed by atoms with E-state index in [-0.39, 0.29) is 34.3 Å². The van der Waals surface area contributed by atoms with Crippen LogP contribution < -0.4 is 0 Å². The monoisotopic (exact) mass is 200 g/mol. The van der Waals surface area contributed by atoms with E-state index in [9.17, 15) is 9.90 Å². The van der Waals surface area contributed by atoms with E-state index < -0.39 is 0 Å². The molecular formula is C9H9ClO3. The summed E-state index contributed by atoms with van der Waals surface area (Å²) in [5.41, 5.74) is 0.144. The highest BCUT2D eigenvalue weighted by Crippen LogP contribution is 2.31. The van der Waals surface area contributed by atoms with Gasteiger partial charge in [-0.3, -0.25) is 4.79 Å². The molecule has 70 valence electrons. The number of ketones is 1. The molecule has 0 aromatic heterocycles. The van der Waals surface area contributed by atoms with Gasteiger partial charge in [-0.15, -0.1) is 0 Å². The summed E-state index contributed by atoms with van der Waals surface area (Å²) >= 11 is 5.57. The van der Waals surface area contributed by atoms with Gasteiger partial charge in [0.1, 0.15) is 11.5 Å². The Morgan fingerprint density at radius 2 is 2.00 bits per heavy atom. The summed E-state index contributed by atoms with van der Waals surface area (Å²) in [5.74, 6) is -0.681. The summed E-state index contributed by atoms with van der Waals surface area (Å²) in [6.45, 7) is 1.68. The average Bonchev–Trinajstić information content (AvgIpc) is 2.10. The Labute approximate surface area is 80.6 Å². The van der Waals surface area contributed by atoms with Crippen LogP contribution in [0.5, 0.6) is 11.5 Å². The number of carbonyl (C=O) groups is 1. The van der Waals surface area contributed by atoms with Crippen LogP contribution in [0.15, 0.2) is 12.1 Å².